The highest BCUT2D eigenvalue weighted by Gasteiger charge is 2.50. The molecule has 3 heteroatoms. The van der Waals surface area contributed by atoms with Crippen LogP contribution < -0.4 is 5.32 Å². The van der Waals surface area contributed by atoms with E-state index in [9.17, 15) is 5.26 Å². The molecule has 0 radical (unpaired) electrons. The molecule has 4 aliphatic carbocycles. The van der Waals surface area contributed by atoms with E-state index in [1.54, 1.807) is 0 Å². The predicted octanol–water partition coefficient (Wildman–Crippen LogP) is 2.47. The maximum atomic E-state index is 9.63. The number of hydrogen-bond donors (Lipinski definition) is 1. The molecular weight excluding hydrogens is 236 g/mol. The second kappa shape index (κ2) is 4.46. The van der Waals surface area contributed by atoms with Gasteiger partial charge in [-0.1, -0.05) is 0 Å². The molecule has 0 aromatic rings. The van der Waals surface area contributed by atoms with E-state index in [2.05, 4.69) is 11.4 Å². The second-order valence-electron chi connectivity index (χ2n) is 7.41. The zero-order valence-corrected chi connectivity index (χ0v) is 11.6. The minimum atomic E-state index is -0.293. The second-order valence-corrected chi connectivity index (χ2v) is 7.41. The van der Waals surface area contributed by atoms with Crippen LogP contribution in [-0.4, -0.2) is 24.8 Å². The van der Waals surface area contributed by atoms with Gasteiger partial charge in [-0.05, 0) is 55.8 Å². The molecule has 0 spiro atoms. The van der Waals surface area contributed by atoms with Crippen molar-refractivity contribution in [3.63, 3.8) is 0 Å². The lowest BCUT2D eigenvalue weighted by molar-refractivity contribution is -0.0330. The molecular formula is C16H24N2O. The van der Waals surface area contributed by atoms with E-state index in [0.717, 1.165) is 49.7 Å². The first kappa shape index (κ1) is 12.2. The van der Waals surface area contributed by atoms with Gasteiger partial charge >= 0.3 is 0 Å². The van der Waals surface area contributed by atoms with Crippen LogP contribution in [0.4, 0.5) is 0 Å². The summed E-state index contributed by atoms with van der Waals surface area (Å²) in [5.74, 6) is 3.72. The van der Waals surface area contributed by atoms with Crippen molar-refractivity contribution in [1.29, 1.82) is 5.26 Å². The Morgan fingerprint density at radius 1 is 0.947 bits per heavy atom. The molecule has 0 atom stereocenters. The number of nitrogens with one attached hydrogen (secondary N) is 1. The highest BCUT2D eigenvalue weighted by molar-refractivity contribution is 5.12. The third-order valence-corrected chi connectivity index (χ3v) is 6.23. The van der Waals surface area contributed by atoms with Crippen molar-refractivity contribution in [3.8, 4) is 6.07 Å². The summed E-state index contributed by atoms with van der Waals surface area (Å²) < 4.78 is 5.44. The zero-order valence-electron chi connectivity index (χ0n) is 11.6. The van der Waals surface area contributed by atoms with Crippen molar-refractivity contribution >= 4 is 0 Å². The Hall–Kier alpha value is -0.590. The van der Waals surface area contributed by atoms with Crippen molar-refractivity contribution in [3.05, 3.63) is 0 Å². The summed E-state index contributed by atoms with van der Waals surface area (Å²) in [6.07, 6.45) is 8.91. The highest BCUT2D eigenvalue weighted by atomic mass is 16.5. The average Bonchev–Trinajstić information content (AvgIpc) is 2.43. The first-order valence-electron chi connectivity index (χ1n) is 8.05. The van der Waals surface area contributed by atoms with Gasteiger partial charge in [-0.15, -0.1) is 0 Å². The molecule has 0 aromatic heterocycles. The molecule has 5 rings (SSSR count). The standard InChI is InChI=1S/C16H24N2O/c17-10-16(1-3-19-4-2-16)18-15-13-6-11-5-12(8-13)9-14(15)7-11/h11-15,18H,1-9H2. The van der Waals surface area contributed by atoms with Crippen LogP contribution in [0.5, 0.6) is 0 Å². The summed E-state index contributed by atoms with van der Waals surface area (Å²) >= 11 is 0. The highest BCUT2D eigenvalue weighted by Crippen LogP contribution is 2.54. The smallest absolute Gasteiger partial charge is 0.111 e. The van der Waals surface area contributed by atoms with E-state index in [1.165, 1.54) is 32.1 Å². The fraction of sp³-hybridized carbons (Fsp3) is 0.938. The van der Waals surface area contributed by atoms with Crippen molar-refractivity contribution in [2.45, 2.75) is 56.5 Å². The van der Waals surface area contributed by atoms with Crippen LogP contribution in [0.2, 0.25) is 0 Å². The fourth-order valence-corrected chi connectivity index (χ4v) is 5.49. The maximum Gasteiger partial charge on any atom is 0.111 e. The van der Waals surface area contributed by atoms with Crippen LogP contribution in [0.1, 0.15) is 44.9 Å². The van der Waals surface area contributed by atoms with Gasteiger partial charge in [0.05, 0.1) is 6.07 Å². The number of hydrogen-bond acceptors (Lipinski definition) is 3. The van der Waals surface area contributed by atoms with Gasteiger partial charge in [-0.25, -0.2) is 0 Å². The molecule has 1 heterocycles. The van der Waals surface area contributed by atoms with E-state index in [1.807, 2.05) is 0 Å². The van der Waals surface area contributed by atoms with Gasteiger partial charge in [0, 0.05) is 32.1 Å². The summed E-state index contributed by atoms with van der Waals surface area (Å²) in [6.45, 7) is 1.49. The molecule has 1 saturated heterocycles. The van der Waals surface area contributed by atoms with Gasteiger partial charge in [-0.2, -0.15) is 5.26 Å². The topological polar surface area (TPSA) is 45.0 Å². The lowest BCUT2D eigenvalue weighted by Crippen LogP contribution is -2.61. The minimum Gasteiger partial charge on any atom is -0.381 e. The maximum absolute atomic E-state index is 9.63. The van der Waals surface area contributed by atoms with E-state index >= 15 is 0 Å². The lowest BCUT2D eigenvalue weighted by atomic mass is 9.54. The third-order valence-electron chi connectivity index (χ3n) is 6.23. The average molecular weight is 260 g/mol. The zero-order chi connectivity index (χ0) is 12.9. The van der Waals surface area contributed by atoms with Gasteiger partial charge in [0.2, 0.25) is 0 Å². The Bertz CT molecular complexity index is 366. The lowest BCUT2D eigenvalue weighted by Gasteiger charge is -2.56. The molecule has 0 amide bonds. The SMILES string of the molecule is N#CC1(NC2C3CC4CC(C3)CC2C4)CCOCC1. The number of nitrogens with zero attached hydrogens (tertiary/aromatic N) is 1. The molecule has 5 fully saturated rings. The molecule has 104 valence electrons. The van der Waals surface area contributed by atoms with Gasteiger partial charge in [0.1, 0.15) is 5.54 Å². The van der Waals surface area contributed by atoms with Gasteiger partial charge in [0.25, 0.3) is 0 Å². The summed E-state index contributed by atoms with van der Waals surface area (Å²) in [7, 11) is 0. The molecule has 1 N–H and O–H groups in total. The first-order chi connectivity index (χ1) is 9.28. The van der Waals surface area contributed by atoms with Crippen LogP contribution in [0.3, 0.4) is 0 Å². The normalized spacial score (nSPS) is 47.0. The van der Waals surface area contributed by atoms with Crippen LogP contribution in [-0.2, 0) is 4.74 Å². The molecule has 3 nitrogen and oxygen atoms in total. The Labute approximate surface area is 115 Å². The summed E-state index contributed by atoms with van der Waals surface area (Å²) in [5, 5.41) is 13.5. The van der Waals surface area contributed by atoms with Crippen LogP contribution in [0.25, 0.3) is 0 Å². The van der Waals surface area contributed by atoms with E-state index in [-0.39, 0.29) is 5.54 Å². The Morgan fingerprint density at radius 2 is 1.53 bits per heavy atom. The summed E-state index contributed by atoms with van der Waals surface area (Å²) in [4.78, 5) is 0. The molecule has 0 aromatic carbocycles. The first-order valence-corrected chi connectivity index (χ1v) is 8.05. The Kier molecular flexibility index (Phi) is 2.86. The van der Waals surface area contributed by atoms with Crippen molar-refractivity contribution in [1.82, 2.24) is 5.32 Å². The number of nitriles is 1. The van der Waals surface area contributed by atoms with E-state index in [4.69, 9.17) is 4.74 Å². The van der Waals surface area contributed by atoms with Gasteiger partial charge in [-0.3, -0.25) is 5.32 Å². The molecule has 4 saturated carbocycles. The molecule has 1 aliphatic heterocycles. The predicted molar refractivity (Wildman–Crippen MR) is 72.4 cm³/mol. The largest absolute Gasteiger partial charge is 0.381 e. The van der Waals surface area contributed by atoms with Crippen molar-refractivity contribution in [2.75, 3.05) is 13.2 Å². The molecule has 4 bridgehead atoms. The van der Waals surface area contributed by atoms with Gasteiger partial charge in [0.15, 0.2) is 0 Å². The number of rotatable bonds is 2. The van der Waals surface area contributed by atoms with E-state index < -0.39 is 0 Å². The van der Waals surface area contributed by atoms with Crippen molar-refractivity contribution < 1.29 is 4.74 Å². The Balaban J connectivity index is 1.52. The summed E-state index contributed by atoms with van der Waals surface area (Å²) in [6, 6.07) is 3.20. The van der Waals surface area contributed by atoms with Crippen LogP contribution in [0, 0.1) is 35.0 Å². The fourth-order valence-electron chi connectivity index (χ4n) is 5.49. The van der Waals surface area contributed by atoms with Crippen LogP contribution in [0.15, 0.2) is 0 Å². The molecule has 19 heavy (non-hydrogen) atoms. The number of ether oxygens (including phenoxy) is 1. The summed E-state index contributed by atoms with van der Waals surface area (Å²) in [5.41, 5.74) is -0.293. The van der Waals surface area contributed by atoms with Crippen molar-refractivity contribution in [2.24, 2.45) is 23.7 Å². The molecule has 5 aliphatic rings. The monoisotopic (exact) mass is 260 g/mol. The quantitative estimate of drug-likeness (QED) is 0.829. The Morgan fingerprint density at radius 3 is 2.05 bits per heavy atom. The van der Waals surface area contributed by atoms with Gasteiger partial charge < -0.3 is 4.74 Å². The van der Waals surface area contributed by atoms with Crippen LogP contribution >= 0.6 is 0 Å². The van der Waals surface area contributed by atoms with E-state index in [0.29, 0.717) is 6.04 Å². The third kappa shape index (κ3) is 2.00. The minimum absolute atomic E-state index is 0.293. The molecule has 0 unspecified atom stereocenters.